The molecule has 0 saturated heterocycles. The molecule has 0 heterocycles. The number of amides is 2. The van der Waals surface area contributed by atoms with E-state index in [-0.39, 0.29) is 36.5 Å². The van der Waals surface area contributed by atoms with Gasteiger partial charge in [0, 0.05) is 12.1 Å². The highest BCUT2D eigenvalue weighted by molar-refractivity contribution is 5.85. The van der Waals surface area contributed by atoms with E-state index in [1.807, 2.05) is 0 Å². The van der Waals surface area contributed by atoms with E-state index in [1.54, 1.807) is 0 Å². The molecule has 0 aromatic heterocycles. The van der Waals surface area contributed by atoms with Crippen molar-refractivity contribution in [3.63, 3.8) is 0 Å². The van der Waals surface area contributed by atoms with Crippen LogP contribution in [0.1, 0.15) is 12.8 Å². The number of nitrogens with one attached hydrogen (secondary N) is 2. The number of carbonyl (C=O) groups excluding carboxylic acids is 2. The number of rotatable bonds is 7. The summed E-state index contributed by atoms with van der Waals surface area (Å²) in [5.41, 5.74) is -0.114. The van der Waals surface area contributed by atoms with Crippen LogP contribution in [-0.4, -0.2) is 35.9 Å². The molecule has 0 spiro atoms. The molecule has 1 saturated carbocycles. The summed E-state index contributed by atoms with van der Waals surface area (Å²) in [5.74, 6) is -0.476. The molecule has 21 heavy (non-hydrogen) atoms. The Labute approximate surface area is 120 Å². The average molecular weight is 293 g/mol. The normalized spacial score (nSPS) is 13.3. The molecular formula is C13H15N3O5. The molecule has 112 valence electrons. The fraction of sp³-hybridized carbons (Fsp3) is 0.385. The molecule has 1 aromatic rings. The van der Waals surface area contributed by atoms with Gasteiger partial charge in [-0.05, 0) is 18.9 Å². The number of nitrogens with zero attached hydrogens (tertiary/aromatic N) is 1. The van der Waals surface area contributed by atoms with Crippen molar-refractivity contribution >= 4 is 17.5 Å². The third-order valence-corrected chi connectivity index (χ3v) is 2.79. The highest BCUT2D eigenvalue weighted by Gasteiger charge is 2.23. The molecule has 1 fully saturated rings. The Kier molecular flexibility index (Phi) is 4.70. The predicted octanol–water partition coefficient (Wildman–Crippen LogP) is 0.368. The van der Waals surface area contributed by atoms with E-state index in [0.717, 1.165) is 12.8 Å². The molecule has 2 N–H and O–H groups in total. The number of nitro benzene ring substituents is 1. The fourth-order valence-corrected chi connectivity index (χ4v) is 1.57. The molecule has 0 radical (unpaired) electrons. The van der Waals surface area contributed by atoms with Crippen molar-refractivity contribution in [2.75, 3.05) is 13.2 Å². The number of non-ortho nitro benzene ring substituents is 1. The van der Waals surface area contributed by atoms with E-state index in [1.165, 1.54) is 24.3 Å². The van der Waals surface area contributed by atoms with Crippen molar-refractivity contribution in [3.8, 4) is 5.75 Å². The zero-order valence-corrected chi connectivity index (χ0v) is 11.2. The molecule has 0 bridgehead atoms. The standard InChI is InChI=1S/C13H15N3O5/c17-12(15-9-4-5-9)7-14-13(18)8-21-11-3-1-2-10(6-11)16(19)20/h1-3,6,9H,4-5,7-8H2,(H,14,18)(H,15,17). The summed E-state index contributed by atoms with van der Waals surface area (Å²) >= 11 is 0. The van der Waals surface area contributed by atoms with Crippen molar-refractivity contribution in [1.29, 1.82) is 0 Å². The lowest BCUT2D eigenvalue weighted by Gasteiger charge is -2.07. The second-order valence-electron chi connectivity index (χ2n) is 4.66. The lowest BCUT2D eigenvalue weighted by Crippen LogP contribution is -2.39. The van der Waals surface area contributed by atoms with E-state index < -0.39 is 10.8 Å². The topological polar surface area (TPSA) is 111 Å². The zero-order valence-electron chi connectivity index (χ0n) is 11.2. The van der Waals surface area contributed by atoms with Crippen molar-refractivity contribution in [3.05, 3.63) is 34.4 Å². The summed E-state index contributed by atoms with van der Waals surface area (Å²) in [6, 6.07) is 5.78. The first-order valence-corrected chi connectivity index (χ1v) is 6.48. The van der Waals surface area contributed by atoms with Crippen LogP contribution < -0.4 is 15.4 Å². The number of hydrogen-bond acceptors (Lipinski definition) is 5. The second-order valence-corrected chi connectivity index (χ2v) is 4.66. The largest absolute Gasteiger partial charge is 0.484 e. The summed E-state index contributed by atoms with van der Waals surface area (Å²) in [6.45, 7) is -0.411. The molecule has 8 heteroatoms. The quantitative estimate of drug-likeness (QED) is 0.557. The van der Waals surface area contributed by atoms with Gasteiger partial charge in [-0.2, -0.15) is 0 Å². The monoisotopic (exact) mass is 293 g/mol. The summed E-state index contributed by atoms with van der Waals surface area (Å²) < 4.78 is 5.14. The van der Waals surface area contributed by atoms with Crippen LogP contribution in [0.25, 0.3) is 0 Å². The van der Waals surface area contributed by atoms with E-state index in [0.29, 0.717) is 0 Å². The van der Waals surface area contributed by atoms with Crippen LogP contribution in [0, 0.1) is 10.1 Å². The minimum absolute atomic E-state index is 0.104. The molecule has 2 amide bonds. The van der Waals surface area contributed by atoms with Gasteiger partial charge in [-0.25, -0.2) is 0 Å². The SMILES string of the molecule is O=C(COc1cccc([N+](=O)[O-])c1)NCC(=O)NC1CC1. The zero-order chi connectivity index (χ0) is 15.2. The molecule has 1 aliphatic carbocycles. The number of nitro groups is 1. The minimum atomic E-state index is -0.546. The van der Waals surface area contributed by atoms with Gasteiger partial charge in [-0.1, -0.05) is 6.07 Å². The first-order valence-electron chi connectivity index (χ1n) is 6.48. The van der Waals surface area contributed by atoms with Gasteiger partial charge in [-0.15, -0.1) is 0 Å². The molecule has 0 aliphatic heterocycles. The van der Waals surface area contributed by atoms with Crippen LogP contribution in [-0.2, 0) is 9.59 Å². The summed E-state index contributed by atoms with van der Waals surface area (Å²) in [7, 11) is 0. The predicted molar refractivity (Wildman–Crippen MR) is 72.8 cm³/mol. The van der Waals surface area contributed by atoms with Crippen molar-refractivity contribution in [2.45, 2.75) is 18.9 Å². The molecular weight excluding hydrogens is 278 g/mol. The number of carbonyl (C=O) groups is 2. The number of ether oxygens (including phenoxy) is 1. The Morgan fingerprint density at radius 2 is 2.10 bits per heavy atom. The van der Waals surface area contributed by atoms with E-state index in [9.17, 15) is 19.7 Å². The van der Waals surface area contributed by atoms with Gasteiger partial charge in [0.05, 0.1) is 17.5 Å². The number of benzene rings is 1. The molecule has 8 nitrogen and oxygen atoms in total. The van der Waals surface area contributed by atoms with Crippen LogP contribution in [0.5, 0.6) is 5.75 Å². The van der Waals surface area contributed by atoms with Crippen molar-refractivity contribution < 1.29 is 19.2 Å². The average Bonchev–Trinajstić information content (AvgIpc) is 3.27. The van der Waals surface area contributed by atoms with Gasteiger partial charge < -0.3 is 15.4 Å². The summed E-state index contributed by atoms with van der Waals surface area (Å²) in [6.07, 6.45) is 1.96. The third kappa shape index (κ3) is 5.09. The van der Waals surface area contributed by atoms with Gasteiger partial charge in [0.25, 0.3) is 11.6 Å². The molecule has 1 aromatic carbocycles. The Balaban J connectivity index is 1.71. The van der Waals surface area contributed by atoms with Gasteiger partial charge >= 0.3 is 0 Å². The fourth-order valence-electron chi connectivity index (χ4n) is 1.57. The summed E-state index contributed by atoms with van der Waals surface area (Å²) in [4.78, 5) is 32.9. The van der Waals surface area contributed by atoms with Crippen molar-refractivity contribution in [1.82, 2.24) is 10.6 Å². The lowest BCUT2D eigenvalue weighted by atomic mass is 10.3. The first kappa shape index (κ1) is 14.8. The van der Waals surface area contributed by atoms with Gasteiger partial charge in [0.15, 0.2) is 6.61 Å². The Hall–Kier alpha value is -2.64. The maximum atomic E-state index is 11.5. The molecule has 0 unspecified atom stereocenters. The third-order valence-electron chi connectivity index (χ3n) is 2.79. The lowest BCUT2D eigenvalue weighted by molar-refractivity contribution is -0.384. The highest BCUT2D eigenvalue weighted by atomic mass is 16.6. The van der Waals surface area contributed by atoms with Crippen LogP contribution in [0.4, 0.5) is 5.69 Å². The van der Waals surface area contributed by atoms with Crippen LogP contribution in [0.3, 0.4) is 0 Å². The van der Waals surface area contributed by atoms with Gasteiger partial charge in [-0.3, -0.25) is 19.7 Å². The second kappa shape index (κ2) is 6.69. The Bertz CT molecular complexity index is 556. The molecule has 1 aliphatic rings. The Morgan fingerprint density at radius 3 is 2.76 bits per heavy atom. The van der Waals surface area contributed by atoms with E-state index in [2.05, 4.69) is 10.6 Å². The smallest absolute Gasteiger partial charge is 0.273 e. The van der Waals surface area contributed by atoms with E-state index in [4.69, 9.17) is 4.74 Å². The minimum Gasteiger partial charge on any atom is -0.484 e. The molecule has 2 rings (SSSR count). The highest BCUT2D eigenvalue weighted by Crippen LogP contribution is 2.19. The van der Waals surface area contributed by atoms with Crippen LogP contribution in [0.15, 0.2) is 24.3 Å². The van der Waals surface area contributed by atoms with Gasteiger partial charge in [0.1, 0.15) is 5.75 Å². The molecule has 0 atom stereocenters. The van der Waals surface area contributed by atoms with Crippen LogP contribution >= 0.6 is 0 Å². The summed E-state index contributed by atoms with van der Waals surface area (Å²) in [5, 5.41) is 15.7. The van der Waals surface area contributed by atoms with Gasteiger partial charge in [0.2, 0.25) is 5.91 Å². The van der Waals surface area contributed by atoms with E-state index >= 15 is 0 Å². The van der Waals surface area contributed by atoms with Crippen LogP contribution in [0.2, 0.25) is 0 Å². The number of hydrogen-bond donors (Lipinski definition) is 2. The first-order chi connectivity index (χ1) is 10.0. The maximum Gasteiger partial charge on any atom is 0.273 e. The maximum absolute atomic E-state index is 11.5. The Morgan fingerprint density at radius 1 is 1.33 bits per heavy atom. The van der Waals surface area contributed by atoms with Crippen molar-refractivity contribution in [2.24, 2.45) is 0 Å².